The van der Waals surface area contributed by atoms with Crippen LogP contribution in [0.4, 0.5) is 28.9 Å². The van der Waals surface area contributed by atoms with Crippen LogP contribution >= 0.6 is 11.6 Å². The number of nitrogens with one attached hydrogen (secondary N) is 1. The molecule has 2 aromatic carbocycles. The molecule has 1 amide bonds. The van der Waals surface area contributed by atoms with E-state index in [1.807, 2.05) is 0 Å². The van der Waals surface area contributed by atoms with Crippen molar-refractivity contribution in [1.29, 1.82) is 0 Å². The van der Waals surface area contributed by atoms with Crippen molar-refractivity contribution in [2.24, 2.45) is 0 Å². The van der Waals surface area contributed by atoms with E-state index < -0.39 is 43.9 Å². The largest absolute Gasteiger partial charge is 0.416 e. The van der Waals surface area contributed by atoms with Gasteiger partial charge < -0.3 is 5.32 Å². The third-order valence-corrected chi connectivity index (χ3v) is 7.31. The van der Waals surface area contributed by atoms with E-state index in [0.29, 0.717) is 24.6 Å². The molecule has 0 spiro atoms. The number of anilines is 2. The Hall–Kier alpha value is -3.18. The maximum absolute atomic E-state index is 14.1. The van der Waals surface area contributed by atoms with Crippen molar-refractivity contribution in [1.82, 2.24) is 4.98 Å². The summed E-state index contributed by atoms with van der Waals surface area (Å²) in [6.07, 6.45) is -2.60. The van der Waals surface area contributed by atoms with Crippen LogP contribution in [0.15, 0.2) is 59.6 Å². The van der Waals surface area contributed by atoms with Crippen LogP contribution in [0.3, 0.4) is 0 Å². The number of hydrogen-bond acceptors (Lipinski definition) is 4. The topological polar surface area (TPSA) is 79.4 Å². The van der Waals surface area contributed by atoms with E-state index in [1.54, 1.807) is 0 Å². The molecule has 1 aliphatic heterocycles. The van der Waals surface area contributed by atoms with Gasteiger partial charge in [0.25, 0.3) is 15.9 Å². The number of carbonyl (C=O) groups is 1. The van der Waals surface area contributed by atoms with Crippen LogP contribution in [0, 0.1) is 5.82 Å². The highest BCUT2D eigenvalue weighted by molar-refractivity contribution is 7.92. The summed E-state index contributed by atoms with van der Waals surface area (Å²) in [5.41, 5.74) is -0.916. The van der Waals surface area contributed by atoms with Crippen molar-refractivity contribution in [2.75, 3.05) is 16.2 Å². The van der Waals surface area contributed by atoms with Crippen LogP contribution in [0.5, 0.6) is 0 Å². The molecule has 12 heteroatoms. The zero-order valence-corrected chi connectivity index (χ0v) is 18.8. The summed E-state index contributed by atoms with van der Waals surface area (Å²) in [7, 11) is -4.37. The SMILES string of the molecule is O=C(Nc1cnc2c(c1)N(S(=O)(=O)c1cccc(C(F)(F)F)c1)CCC2)c1c(F)cccc1Cl. The molecule has 0 atom stereocenters. The van der Waals surface area contributed by atoms with Gasteiger partial charge in [-0.3, -0.25) is 14.1 Å². The number of sulfonamides is 1. The Morgan fingerprint density at radius 3 is 2.56 bits per heavy atom. The molecule has 0 fully saturated rings. The Kier molecular flexibility index (Phi) is 6.26. The Labute approximate surface area is 197 Å². The van der Waals surface area contributed by atoms with Crippen LogP contribution < -0.4 is 9.62 Å². The van der Waals surface area contributed by atoms with Crippen molar-refractivity contribution in [3.05, 3.63) is 82.4 Å². The first-order valence-corrected chi connectivity index (χ1v) is 11.7. The van der Waals surface area contributed by atoms with Gasteiger partial charge in [-0.1, -0.05) is 23.7 Å². The number of amides is 1. The van der Waals surface area contributed by atoms with Gasteiger partial charge in [0.05, 0.1) is 44.3 Å². The number of halogens is 5. The molecular weight excluding hydrogens is 498 g/mol. The number of benzene rings is 2. The molecular formula is C22H16ClF4N3O3S. The minimum atomic E-state index is -4.71. The van der Waals surface area contributed by atoms with Crippen LogP contribution in [0.1, 0.15) is 28.0 Å². The van der Waals surface area contributed by atoms with Crippen LogP contribution in [-0.2, 0) is 22.6 Å². The standard InChI is InChI=1S/C22H16ClF4N3O3S/c23-16-6-2-7-17(24)20(16)21(31)29-14-11-19-18(28-12-14)8-3-9-30(19)34(32,33)15-5-1-4-13(10-15)22(25,26)27/h1-2,4-7,10-12H,3,8-9H2,(H,29,31). The zero-order chi connectivity index (χ0) is 24.7. The number of nitrogens with zero attached hydrogens (tertiary/aromatic N) is 2. The van der Waals surface area contributed by atoms with Gasteiger partial charge in [-0.15, -0.1) is 0 Å². The third-order valence-electron chi connectivity index (χ3n) is 5.19. The van der Waals surface area contributed by atoms with Gasteiger partial charge >= 0.3 is 6.18 Å². The molecule has 0 bridgehead atoms. The highest BCUT2D eigenvalue weighted by atomic mass is 35.5. The second kappa shape index (κ2) is 8.88. The number of fused-ring (bicyclic) bond motifs is 1. The summed E-state index contributed by atoms with van der Waals surface area (Å²) in [6.45, 7) is 0.00377. The molecule has 0 radical (unpaired) electrons. The third kappa shape index (κ3) is 4.58. The fourth-order valence-corrected chi connectivity index (χ4v) is 5.40. The maximum Gasteiger partial charge on any atom is 0.416 e. The van der Waals surface area contributed by atoms with Crippen molar-refractivity contribution in [3.8, 4) is 0 Å². The first-order chi connectivity index (χ1) is 16.0. The summed E-state index contributed by atoms with van der Waals surface area (Å²) in [4.78, 5) is 16.2. The highest BCUT2D eigenvalue weighted by Crippen LogP contribution is 2.35. The number of carbonyl (C=O) groups excluding carboxylic acids is 1. The lowest BCUT2D eigenvalue weighted by molar-refractivity contribution is -0.137. The van der Waals surface area contributed by atoms with Crippen molar-refractivity contribution < 1.29 is 30.8 Å². The summed E-state index contributed by atoms with van der Waals surface area (Å²) < 4.78 is 80.9. The predicted octanol–water partition coefficient (Wildman–Crippen LogP) is 5.29. The summed E-state index contributed by atoms with van der Waals surface area (Å²) >= 11 is 5.92. The molecule has 0 saturated heterocycles. The minimum absolute atomic E-state index is 0.00377. The molecule has 178 valence electrons. The zero-order valence-electron chi connectivity index (χ0n) is 17.2. The lowest BCUT2D eigenvalue weighted by Gasteiger charge is -2.30. The quantitative estimate of drug-likeness (QED) is 0.481. The molecule has 1 aliphatic rings. The molecule has 1 aromatic heterocycles. The van der Waals surface area contributed by atoms with Gasteiger partial charge in [0.1, 0.15) is 5.82 Å². The number of hydrogen-bond donors (Lipinski definition) is 1. The number of aromatic nitrogens is 1. The van der Waals surface area contributed by atoms with Crippen molar-refractivity contribution in [3.63, 3.8) is 0 Å². The van der Waals surface area contributed by atoms with Gasteiger partial charge in [-0.05, 0) is 49.2 Å². The van der Waals surface area contributed by atoms with Crippen molar-refractivity contribution >= 4 is 38.9 Å². The van der Waals surface area contributed by atoms with Gasteiger partial charge in [0.15, 0.2) is 0 Å². The molecule has 0 aliphatic carbocycles. The molecule has 0 saturated carbocycles. The van der Waals surface area contributed by atoms with Crippen LogP contribution in [-0.4, -0.2) is 25.9 Å². The first-order valence-electron chi connectivity index (χ1n) is 9.93. The average Bonchev–Trinajstić information content (AvgIpc) is 2.78. The minimum Gasteiger partial charge on any atom is -0.320 e. The van der Waals surface area contributed by atoms with Crippen molar-refractivity contribution in [2.45, 2.75) is 23.9 Å². The molecule has 3 aromatic rings. The predicted molar refractivity (Wildman–Crippen MR) is 118 cm³/mol. The monoisotopic (exact) mass is 513 g/mol. The smallest absolute Gasteiger partial charge is 0.320 e. The maximum atomic E-state index is 14.1. The lowest BCUT2D eigenvalue weighted by Crippen LogP contribution is -2.36. The molecule has 2 heterocycles. The molecule has 0 unspecified atom stereocenters. The van der Waals surface area contributed by atoms with E-state index in [0.717, 1.165) is 28.6 Å². The van der Waals surface area contributed by atoms with Gasteiger partial charge in [-0.2, -0.15) is 13.2 Å². The van der Waals surface area contributed by atoms with Crippen LogP contribution in [0.25, 0.3) is 0 Å². The Morgan fingerprint density at radius 2 is 1.85 bits per heavy atom. The fourth-order valence-electron chi connectivity index (χ4n) is 3.59. The fraction of sp³-hybridized carbons (Fsp3) is 0.182. The van der Waals surface area contributed by atoms with Crippen LogP contribution in [0.2, 0.25) is 5.02 Å². The van der Waals surface area contributed by atoms with E-state index in [9.17, 15) is 30.8 Å². The second-order valence-electron chi connectivity index (χ2n) is 7.45. The van der Waals surface area contributed by atoms with Gasteiger partial charge in [-0.25, -0.2) is 12.8 Å². The van der Waals surface area contributed by atoms with E-state index in [1.165, 1.54) is 24.4 Å². The normalized spacial score (nSPS) is 14.0. The van der Waals surface area contributed by atoms with E-state index in [2.05, 4.69) is 10.3 Å². The molecule has 6 nitrogen and oxygen atoms in total. The molecule has 1 N–H and O–H groups in total. The number of alkyl halides is 3. The highest BCUT2D eigenvalue weighted by Gasteiger charge is 2.34. The Bertz CT molecular complexity index is 1360. The Morgan fingerprint density at radius 1 is 1.12 bits per heavy atom. The summed E-state index contributed by atoms with van der Waals surface area (Å²) in [5, 5.41) is 2.32. The number of pyridine rings is 1. The number of aryl methyl sites for hydroxylation is 1. The second-order valence-corrected chi connectivity index (χ2v) is 9.72. The number of rotatable bonds is 4. The first kappa shape index (κ1) is 24.0. The lowest BCUT2D eigenvalue weighted by atomic mass is 10.1. The van der Waals surface area contributed by atoms with Gasteiger partial charge in [0.2, 0.25) is 0 Å². The van der Waals surface area contributed by atoms with Gasteiger partial charge in [0, 0.05) is 6.54 Å². The van der Waals surface area contributed by atoms with E-state index >= 15 is 0 Å². The Balaban J connectivity index is 1.70. The summed E-state index contributed by atoms with van der Waals surface area (Å²) in [6, 6.07) is 8.54. The molecule has 34 heavy (non-hydrogen) atoms. The average molecular weight is 514 g/mol. The molecule has 4 rings (SSSR count). The van der Waals surface area contributed by atoms with E-state index in [4.69, 9.17) is 11.6 Å². The summed E-state index contributed by atoms with van der Waals surface area (Å²) in [5.74, 6) is -1.71. The van der Waals surface area contributed by atoms with E-state index in [-0.39, 0.29) is 22.9 Å².